The molecule has 0 spiro atoms. The lowest BCUT2D eigenvalue weighted by atomic mass is 10.1. The Morgan fingerprint density at radius 1 is 1.33 bits per heavy atom. The topological polar surface area (TPSA) is 79.7 Å². The molecule has 1 aliphatic heterocycles. The zero-order valence-corrected chi connectivity index (χ0v) is 16.1. The van der Waals surface area contributed by atoms with E-state index in [1.807, 2.05) is 36.4 Å². The molecule has 0 bridgehead atoms. The van der Waals surface area contributed by atoms with Crippen molar-refractivity contribution in [3.63, 3.8) is 0 Å². The molecule has 1 aliphatic rings. The van der Waals surface area contributed by atoms with Gasteiger partial charge in [0.15, 0.2) is 0 Å². The van der Waals surface area contributed by atoms with Crippen molar-refractivity contribution in [1.82, 2.24) is 9.97 Å². The Labute approximate surface area is 160 Å². The van der Waals surface area contributed by atoms with Gasteiger partial charge in [-0.15, -0.1) is 0 Å². The van der Waals surface area contributed by atoms with Crippen LogP contribution in [0.2, 0.25) is 0 Å². The summed E-state index contributed by atoms with van der Waals surface area (Å²) in [5, 5.41) is 12.6. The van der Waals surface area contributed by atoms with Crippen LogP contribution in [0.4, 0.5) is 11.6 Å². The van der Waals surface area contributed by atoms with Crippen molar-refractivity contribution in [2.24, 2.45) is 0 Å². The Bertz CT molecular complexity index is 724. The zero-order valence-electron chi connectivity index (χ0n) is 16.1. The van der Waals surface area contributed by atoms with Crippen LogP contribution in [0.1, 0.15) is 20.8 Å². The van der Waals surface area contributed by atoms with Gasteiger partial charge >= 0.3 is 0 Å². The molecule has 7 heteroatoms. The SMILES string of the molecule is CC(O)CNc1cc(N2CC(COc3ccccc3)OC(C)(C)C2)ncn1. The molecule has 1 fully saturated rings. The van der Waals surface area contributed by atoms with Gasteiger partial charge in [0.05, 0.1) is 11.7 Å². The standard InChI is InChI=1S/C20H28N4O3/c1-15(25)10-21-18-9-19(23-14-22-18)24-11-17(27-20(2,3)13-24)12-26-16-7-5-4-6-8-16/h4-9,14-15,17,25H,10-13H2,1-3H3,(H,21,22,23). The maximum atomic E-state index is 9.44. The van der Waals surface area contributed by atoms with Crippen LogP contribution in [0.5, 0.6) is 5.75 Å². The summed E-state index contributed by atoms with van der Waals surface area (Å²) >= 11 is 0. The van der Waals surface area contributed by atoms with Gasteiger partial charge in [-0.25, -0.2) is 9.97 Å². The Morgan fingerprint density at radius 3 is 2.85 bits per heavy atom. The average molecular weight is 372 g/mol. The molecule has 1 aromatic heterocycles. The van der Waals surface area contributed by atoms with Crippen molar-refractivity contribution >= 4 is 11.6 Å². The van der Waals surface area contributed by atoms with E-state index in [0.29, 0.717) is 25.5 Å². The van der Waals surface area contributed by atoms with Gasteiger partial charge in [-0.2, -0.15) is 0 Å². The molecule has 7 nitrogen and oxygen atoms in total. The third kappa shape index (κ3) is 5.80. The second-order valence-electron chi connectivity index (χ2n) is 7.50. The lowest BCUT2D eigenvalue weighted by Crippen LogP contribution is -2.54. The number of morpholine rings is 1. The molecular formula is C20H28N4O3. The molecule has 2 N–H and O–H groups in total. The van der Waals surface area contributed by atoms with Crippen LogP contribution in [0, 0.1) is 0 Å². The molecule has 2 heterocycles. The molecule has 1 aromatic carbocycles. The first-order valence-electron chi connectivity index (χ1n) is 9.26. The highest BCUT2D eigenvalue weighted by molar-refractivity contribution is 5.49. The number of hydrogen-bond donors (Lipinski definition) is 2. The number of ether oxygens (including phenoxy) is 2. The zero-order chi connectivity index (χ0) is 19.3. The van der Waals surface area contributed by atoms with Crippen LogP contribution in [-0.2, 0) is 4.74 Å². The third-order valence-electron chi connectivity index (χ3n) is 4.22. The maximum Gasteiger partial charge on any atom is 0.134 e. The molecule has 27 heavy (non-hydrogen) atoms. The summed E-state index contributed by atoms with van der Waals surface area (Å²) < 4.78 is 12.1. The molecule has 1 saturated heterocycles. The molecule has 146 valence electrons. The Kier molecular flexibility index (Phi) is 6.13. The van der Waals surface area contributed by atoms with Crippen molar-refractivity contribution < 1.29 is 14.6 Å². The van der Waals surface area contributed by atoms with E-state index in [1.54, 1.807) is 6.92 Å². The van der Waals surface area contributed by atoms with Gasteiger partial charge in [-0.05, 0) is 32.9 Å². The summed E-state index contributed by atoms with van der Waals surface area (Å²) in [5.41, 5.74) is -0.318. The van der Waals surface area contributed by atoms with Gasteiger partial charge in [-0.3, -0.25) is 0 Å². The van der Waals surface area contributed by atoms with Crippen LogP contribution in [-0.4, -0.2) is 59.1 Å². The first-order chi connectivity index (χ1) is 12.9. The number of nitrogens with zero attached hydrogens (tertiary/aromatic N) is 3. The van der Waals surface area contributed by atoms with Gasteiger partial charge in [-0.1, -0.05) is 18.2 Å². The van der Waals surface area contributed by atoms with Crippen molar-refractivity contribution in [2.45, 2.75) is 38.6 Å². The van der Waals surface area contributed by atoms with E-state index in [-0.39, 0.29) is 11.7 Å². The Hall–Kier alpha value is -2.38. The monoisotopic (exact) mass is 372 g/mol. The van der Waals surface area contributed by atoms with E-state index in [0.717, 1.165) is 18.1 Å². The summed E-state index contributed by atoms with van der Waals surface area (Å²) in [4.78, 5) is 10.8. The summed E-state index contributed by atoms with van der Waals surface area (Å²) in [6.45, 7) is 8.20. The van der Waals surface area contributed by atoms with Crippen molar-refractivity contribution in [3.05, 3.63) is 42.7 Å². The highest BCUT2D eigenvalue weighted by Crippen LogP contribution is 2.26. The van der Waals surface area contributed by atoms with Gasteiger partial charge in [0, 0.05) is 25.7 Å². The fraction of sp³-hybridized carbons (Fsp3) is 0.500. The van der Waals surface area contributed by atoms with E-state index in [9.17, 15) is 5.11 Å². The van der Waals surface area contributed by atoms with Gasteiger partial charge in [0.2, 0.25) is 0 Å². The lowest BCUT2D eigenvalue weighted by molar-refractivity contribution is -0.0971. The molecule has 3 rings (SSSR count). The molecule has 0 saturated carbocycles. The van der Waals surface area contributed by atoms with Crippen LogP contribution >= 0.6 is 0 Å². The Balaban J connectivity index is 1.66. The summed E-state index contributed by atoms with van der Waals surface area (Å²) in [6.07, 6.45) is 1.03. The summed E-state index contributed by atoms with van der Waals surface area (Å²) in [5.74, 6) is 2.36. The first kappa shape index (κ1) is 19.4. The maximum absolute atomic E-state index is 9.44. The molecule has 0 aliphatic carbocycles. The van der Waals surface area contributed by atoms with Crippen LogP contribution in [0.15, 0.2) is 42.7 Å². The van der Waals surface area contributed by atoms with Crippen molar-refractivity contribution in [2.75, 3.05) is 36.5 Å². The molecule has 0 radical (unpaired) electrons. The predicted molar refractivity (Wildman–Crippen MR) is 105 cm³/mol. The fourth-order valence-corrected chi connectivity index (χ4v) is 3.13. The Morgan fingerprint density at radius 2 is 2.11 bits per heavy atom. The summed E-state index contributed by atoms with van der Waals surface area (Å²) in [7, 11) is 0. The highest BCUT2D eigenvalue weighted by Gasteiger charge is 2.34. The number of hydrogen-bond acceptors (Lipinski definition) is 7. The normalized spacial score (nSPS) is 20.1. The minimum atomic E-state index is -0.440. The average Bonchev–Trinajstić information content (AvgIpc) is 2.64. The number of rotatable bonds is 7. The van der Waals surface area contributed by atoms with E-state index in [1.165, 1.54) is 6.33 Å². The van der Waals surface area contributed by atoms with Crippen LogP contribution in [0.3, 0.4) is 0 Å². The first-order valence-corrected chi connectivity index (χ1v) is 9.26. The minimum Gasteiger partial charge on any atom is -0.491 e. The number of para-hydroxylation sites is 1. The van der Waals surface area contributed by atoms with E-state index in [2.05, 4.69) is 34.0 Å². The number of nitrogens with one attached hydrogen (secondary N) is 1. The van der Waals surface area contributed by atoms with E-state index >= 15 is 0 Å². The van der Waals surface area contributed by atoms with Crippen LogP contribution < -0.4 is 15.0 Å². The molecule has 2 atom stereocenters. The second-order valence-corrected chi connectivity index (χ2v) is 7.50. The molecular weight excluding hydrogens is 344 g/mol. The fourth-order valence-electron chi connectivity index (χ4n) is 3.13. The highest BCUT2D eigenvalue weighted by atomic mass is 16.5. The third-order valence-corrected chi connectivity index (χ3v) is 4.22. The predicted octanol–water partition coefficient (Wildman–Crippen LogP) is 2.33. The van der Waals surface area contributed by atoms with Crippen molar-refractivity contribution in [3.8, 4) is 5.75 Å². The van der Waals surface area contributed by atoms with Gasteiger partial charge < -0.3 is 24.8 Å². The number of anilines is 2. The second kappa shape index (κ2) is 8.54. The molecule has 0 amide bonds. The van der Waals surface area contributed by atoms with Gasteiger partial charge in [0.25, 0.3) is 0 Å². The number of benzene rings is 1. The van der Waals surface area contributed by atoms with E-state index in [4.69, 9.17) is 9.47 Å². The smallest absolute Gasteiger partial charge is 0.134 e. The number of aliphatic hydroxyl groups is 1. The largest absolute Gasteiger partial charge is 0.491 e. The molecule has 2 unspecified atom stereocenters. The van der Waals surface area contributed by atoms with Gasteiger partial charge in [0.1, 0.15) is 36.4 Å². The number of aliphatic hydroxyl groups excluding tert-OH is 1. The quantitative estimate of drug-likeness (QED) is 0.772. The lowest BCUT2D eigenvalue weighted by Gasteiger charge is -2.43. The minimum absolute atomic E-state index is 0.0715. The van der Waals surface area contributed by atoms with Crippen LogP contribution in [0.25, 0.3) is 0 Å². The van der Waals surface area contributed by atoms with Crippen molar-refractivity contribution in [1.29, 1.82) is 0 Å². The number of aromatic nitrogens is 2. The molecule has 2 aromatic rings. The van der Waals surface area contributed by atoms with E-state index < -0.39 is 6.10 Å². The summed E-state index contributed by atoms with van der Waals surface area (Å²) in [6, 6.07) is 11.7.